The second-order valence-corrected chi connectivity index (χ2v) is 8.41. The number of azo groups is 1. The number of rotatable bonds is 4. The molecule has 162 valence electrons. The van der Waals surface area contributed by atoms with Crippen molar-refractivity contribution in [2.24, 2.45) is 10.2 Å². The van der Waals surface area contributed by atoms with Gasteiger partial charge in [0, 0.05) is 0 Å². The minimum absolute atomic E-state index is 0.0929. The summed E-state index contributed by atoms with van der Waals surface area (Å²) >= 11 is 0. The number of phenolic OH excluding ortho intramolecular Hbond substituents is 1. The number of aliphatic hydroxyl groups is 1. The van der Waals surface area contributed by atoms with Gasteiger partial charge in [-0.1, -0.05) is 18.2 Å². The standard InChI is InChI=1S/C24H28N4O3/c1-14-7-10-18(13-15(14)2)28-24(31)22(16(3)27-28)26-25-21-6-4-5-20(23(21)30)17-8-11-19(29)12-9-17/h4-7,10,13,17,19,27,29-30H,8-9,11-12H2,1-3H3. The third-order valence-electron chi connectivity index (χ3n) is 6.23. The zero-order valence-electron chi connectivity index (χ0n) is 18.1. The molecule has 3 aromatic rings. The van der Waals surface area contributed by atoms with E-state index < -0.39 is 0 Å². The van der Waals surface area contributed by atoms with Gasteiger partial charge in [-0.3, -0.25) is 9.89 Å². The molecule has 0 spiro atoms. The lowest BCUT2D eigenvalue weighted by molar-refractivity contribution is 0.122. The maximum Gasteiger partial charge on any atom is 0.299 e. The van der Waals surface area contributed by atoms with Crippen molar-refractivity contribution in [1.29, 1.82) is 0 Å². The second kappa shape index (κ2) is 8.51. The van der Waals surface area contributed by atoms with Crippen molar-refractivity contribution in [3.63, 3.8) is 0 Å². The molecule has 0 unspecified atom stereocenters. The van der Waals surface area contributed by atoms with Gasteiger partial charge >= 0.3 is 0 Å². The lowest BCUT2D eigenvalue weighted by atomic mass is 9.82. The Morgan fingerprint density at radius 1 is 1.00 bits per heavy atom. The highest BCUT2D eigenvalue weighted by atomic mass is 16.3. The predicted molar refractivity (Wildman–Crippen MR) is 120 cm³/mol. The van der Waals surface area contributed by atoms with Crippen LogP contribution in [0.4, 0.5) is 11.4 Å². The van der Waals surface area contributed by atoms with Gasteiger partial charge in [0.05, 0.1) is 17.5 Å². The highest BCUT2D eigenvalue weighted by Crippen LogP contribution is 2.41. The Hall–Kier alpha value is -3.19. The van der Waals surface area contributed by atoms with E-state index in [2.05, 4.69) is 15.3 Å². The molecular formula is C24H28N4O3. The zero-order valence-corrected chi connectivity index (χ0v) is 18.1. The summed E-state index contributed by atoms with van der Waals surface area (Å²) in [6.45, 7) is 5.80. The van der Waals surface area contributed by atoms with Crippen LogP contribution < -0.4 is 5.56 Å². The third-order valence-corrected chi connectivity index (χ3v) is 6.23. The molecule has 0 saturated heterocycles. The molecule has 1 fully saturated rings. The molecule has 0 atom stereocenters. The Kier molecular flexibility index (Phi) is 5.78. The van der Waals surface area contributed by atoms with Crippen molar-refractivity contribution in [1.82, 2.24) is 9.78 Å². The van der Waals surface area contributed by atoms with Crippen LogP contribution in [-0.4, -0.2) is 26.1 Å². The summed E-state index contributed by atoms with van der Waals surface area (Å²) < 4.78 is 1.46. The Labute approximate surface area is 181 Å². The first-order chi connectivity index (χ1) is 14.8. The molecule has 31 heavy (non-hydrogen) atoms. The lowest BCUT2D eigenvalue weighted by Crippen LogP contribution is -2.16. The van der Waals surface area contributed by atoms with E-state index in [9.17, 15) is 15.0 Å². The number of aromatic amines is 1. The molecule has 7 nitrogen and oxygen atoms in total. The molecule has 2 aromatic carbocycles. The average Bonchev–Trinajstić information content (AvgIpc) is 3.04. The monoisotopic (exact) mass is 420 g/mol. The number of H-pyrrole nitrogens is 1. The van der Waals surface area contributed by atoms with E-state index in [-0.39, 0.29) is 29.0 Å². The Balaban J connectivity index is 1.64. The van der Waals surface area contributed by atoms with E-state index in [1.54, 1.807) is 13.0 Å². The topological polar surface area (TPSA) is 103 Å². The summed E-state index contributed by atoms with van der Waals surface area (Å²) in [6, 6.07) is 11.2. The molecule has 3 N–H and O–H groups in total. The summed E-state index contributed by atoms with van der Waals surface area (Å²) in [5.74, 6) is 0.282. The van der Waals surface area contributed by atoms with Crippen molar-refractivity contribution >= 4 is 11.4 Å². The largest absolute Gasteiger partial charge is 0.505 e. The predicted octanol–water partition coefficient (Wildman–Crippen LogP) is 5.23. The number of hydrogen-bond acceptors (Lipinski definition) is 5. The quantitative estimate of drug-likeness (QED) is 0.504. The fourth-order valence-corrected chi connectivity index (χ4v) is 4.15. The van der Waals surface area contributed by atoms with E-state index in [1.165, 1.54) is 4.68 Å². The maximum absolute atomic E-state index is 12.9. The number of aromatic nitrogens is 2. The van der Waals surface area contributed by atoms with Crippen molar-refractivity contribution in [3.8, 4) is 11.4 Å². The van der Waals surface area contributed by atoms with Gasteiger partial charge in [-0.2, -0.15) is 0 Å². The summed E-state index contributed by atoms with van der Waals surface area (Å²) in [6.07, 6.45) is 2.87. The Morgan fingerprint density at radius 2 is 1.74 bits per heavy atom. The van der Waals surface area contributed by atoms with Gasteiger partial charge in [-0.25, -0.2) is 4.68 Å². The van der Waals surface area contributed by atoms with Gasteiger partial charge in [-0.15, -0.1) is 10.2 Å². The van der Waals surface area contributed by atoms with Gasteiger partial charge < -0.3 is 10.2 Å². The molecule has 1 saturated carbocycles. The van der Waals surface area contributed by atoms with Crippen LogP contribution in [0, 0.1) is 20.8 Å². The summed E-state index contributed by atoms with van der Waals surface area (Å²) in [4.78, 5) is 12.9. The zero-order chi connectivity index (χ0) is 22.1. The number of benzene rings is 2. The molecular weight excluding hydrogens is 392 g/mol. The molecule has 0 amide bonds. The molecule has 0 bridgehead atoms. The van der Waals surface area contributed by atoms with Crippen molar-refractivity contribution in [2.45, 2.75) is 58.5 Å². The van der Waals surface area contributed by atoms with Gasteiger partial charge in [0.2, 0.25) is 0 Å². The van der Waals surface area contributed by atoms with Crippen LogP contribution in [0.2, 0.25) is 0 Å². The molecule has 1 aromatic heterocycles. The minimum atomic E-state index is -0.290. The Bertz CT molecular complexity index is 1180. The van der Waals surface area contributed by atoms with E-state index in [0.29, 0.717) is 11.4 Å². The maximum atomic E-state index is 12.9. The number of phenols is 1. The average molecular weight is 421 g/mol. The molecule has 1 heterocycles. The van der Waals surface area contributed by atoms with Crippen LogP contribution in [0.3, 0.4) is 0 Å². The number of para-hydroxylation sites is 1. The first-order valence-electron chi connectivity index (χ1n) is 10.7. The minimum Gasteiger partial charge on any atom is -0.505 e. The number of nitrogens with one attached hydrogen (secondary N) is 1. The molecule has 1 aliphatic rings. The molecule has 0 aliphatic heterocycles. The van der Waals surface area contributed by atoms with E-state index in [0.717, 1.165) is 48.1 Å². The number of aromatic hydroxyl groups is 1. The first kappa shape index (κ1) is 21.1. The van der Waals surface area contributed by atoms with Crippen LogP contribution in [0.25, 0.3) is 5.69 Å². The number of aryl methyl sites for hydroxylation is 3. The van der Waals surface area contributed by atoms with Crippen molar-refractivity contribution in [2.75, 3.05) is 0 Å². The number of nitrogens with zero attached hydrogens (tertiary/aromatic N) is 3. The Morgan fingerprint density at radius 3 is 2.45 bits per heavy atom. The summed E-state index contributed by atoms with van der Waals surface area (Å²) in [5.41, 5.74) is 4.67. The molecule has 1 aliphatic carbocycles. The summed E-state index contributed by atoms with van der Waals surface area (Å²) in [5, 5.41) is 31.9. The van der Waals surface area contributed by atoms with E-state index in [1.807, 2.05) is 44.2 Å². The van der Waals surface area contributed by atoms with Gasteiger partial charge in [-0.05, 0) is 87.3 Å². The highest BCUT2D eigenvalue weighted by Gasteiger charge is 2.24. The van der Waals surface area contributed by atoms with Gasteiger partial charge in [0.1, 0.15) is 11.4 Å². The lowest BCUT2D eigenvalue weighted by Gasteiger charge is -2.26. The van der Waals surface area contributed by atoms with E-state index in [4.69, 9.17) is 0 Å². The first-order valence-corrected chi connectivity index (χ1v) is 10.7. The fourth-order valence-electron chi connectivity index (χ4n) is 4.15. The summed E-state index contributed by atoms with van der Waals surface area (Å²) in [7, 11) is 0. The second-order valence-electron chi connectivity index (χ2n) is 8.41. The number of aliphatic hydroxyl groups excluding tert-OH is 1. The molecule has 0 radical (unpaired) electrons. The SMILES string of the molecule is Cc1ccc(-n2[nH]c(C)c(N=Nc3cccc(C4CCC(O)CC4)c3O)c2=O)cc1C. The van der Waals surface area contributed by atoms with Crippen molar-refractivity contribution < 1.29 is 10.2 Å². The third kappa shape index (κ3) is 4.18. The molecule has 7 heteroatoms. The van der Waals surface area contributed by atoms with Crippen LogP contribution in [0.5, 0.6) is 5.75 Å². The van der Waals surface area contributed by atoms with E-state index >= 15 is 0 Å². The van der Waals surface area contributed by atoms with Gasteiger partial charge in [0.25, 0.3) is 5.56 Å². The van der Waals surface area contributed by atoms with Crippen LogP contribution in [0.1, 0.15) is 54.0 Å². The number of hydrogen-bond donors (Lipinski definition) is 3. The van der Waals surface area contributed by atoms with Crippen LogP contribution in [0.15, 0.2) is 51.4 Å². The van der Waals surface area contributed by atoms with Crippen molar-refractivity contribution in [3.05, 3.63) is 69.1 Å². The normalized spacial score (nSPS) is 19.2. The smallest absolute Gasteiger partial charge is 0.299 e. The fraction of sp³-hybridized carbons (Fsp3) is 0.375. The van der Waals surface area contributed by atoms with Gasteiger partial charge in [0.15, 0.2) is 5.69 Å². The van der Waals surface area contributed by atoms with Crippen LogP contribution >= 0.6 is 0 Å². The van der Waals surface area contributed by atoms with Crippen LogP contribution in [-0.2, 0) is 0 Å². The molecule has 4 rings (SSSR count). The highest BCUT2D eigenvalue weighted by molar-refractivity contribution is 5.56.